The number of hydrogen-bond acceptors (Lipinski definition) is 6. The summed E-state index contributed by atoms with van der Waals surface area (Å²) in [6.45, 7) is 2.25. The van der Waals surface area contributed by atoms with Gasteiger partial charge in [0, 0.05) is 5.69 Å². The lowest BCUT2D eigenvalue weighted by molar-refractivity contribution is -0.151. The molecule has 204 valence electrons. The quantitative estimate of drug-likeness (QED) is 0.168. The summed E-state index contributed by atoms with van der Waals surface area (Å²) < 4.78 is 17.7. The molecule has 0 N–H and O–H groups in total. The maximum absolute atomic E-state index is 12.9. The molecule has 0 amide bonds. The van der Waals surface area contributed by atoms with E-state index in [4.69, 9.17) is 14.2 Å². The van der Waals surface area contributed by atoms with Crippen LogP contribution in [0.3, 0.4) is 0 Å². The normalized spacial score (nSPS) is 20.1. The molecule has 39 heavy (non-hydrogen) atoms. The number of esters is 1. The zero-order valence-corrected chi connectivity index (χ0v) is 23.6. The fraction of sp³-hybridized carbons (Fsp3) is 0.364. The molecular weight excluding hydrogens is 506 g/mol. The zero-order valence-electron chi connectivity index (χ0n) is 22.8. The maximum atomic E-state index is 12.9. The Morgan fingerprint density at radius 3 is 2.18 bits per heavy atom. The number of carbonyl (C=O) groups excluding carboxylic acids is 1. The summed E-state index contributed by atoms with van der Waals surface area (Å²) in [7, 11) is 1.43. The van der Waals surface area contributed by atoms with E-state index in [0.29, 0.717) is 0 Å². The van der Waals surface area contributed by atoms with Gasteiger partial charge >= 0.3 is 5.97 Å². The van der Waals surface area contributed by atoms with Gasteiger partial charge in [-0.05, 0) is 48.4 Å². The van der Waals surface area contributed by atoms with Gasteiger partial charge in [-0.1, -0.05) is 106 Å². The average Bonchev–Trinajstić information content (AvgIpc) is 3.52. The molecule has 3 aromatic rings. The van der Waals surface area contributed by atoms with Crippen LogP contribution in [0.1, 0.15) is 63.4 Å². The van der Waals surface area contributed by atoms with E-state index in [2.05, 4.69) is 36.1 Å². The molecule has 0 saturated heterocycles. The van der Waals surface area contributed by atoms with Crippen LogP contribution >= 0.6 is 11.8 Å². The molecule has 2 aliphatic heterocycles. The highest BCUT2D eigenvalue weighted by Crippen LogP contribution is 2.55. The highest BCUT2D eigenvalue weighted by molar-refractivity contribution is 8.04. The van der Waals surface area contributed by atoms with Crippen LogP contribution in [0.5, 0.6) is 11.5 Å². The summed E-state index contributed by atoms with van der Waals surface area (Å²) in [5, 5.41) is 0.201. The third-order valence-electron chi connectivity index (χ3n) is 7.29. The van der Waals surface area contributed by atoms with Crippen molar-refractivity contribution in [3.05, 3.63) is 101 Å². The van der Waals surface area contributed by atoms with Crippen LogP contribution in [-0.4, -0.2) is 24.6 Å². The van der Waals surface area contributed by atoms with Crippen LogP contribution in [0.2, 0.25) is 0 Å². The zero-order chi connectivity index (χ0) is 27.0. The smallest absolute Gasteiger partial charge is 0.348 e. The largest absolute Gasteiger partial charge is 0.466 e. The summed E-state index contributed by atoms with van der Waals surface area (Å²) >= 11 is 1.84. The van der Waals surface area contributed by atoms with E-state index < -0.39 is 6.10 Å². The number of methoxy groups -OCH3 is 1. The predicted octanol–water partition coefficient (Wildman–Crippen LogP) is 8.63. The van der Waals surface area contributed by atoms with E-state index in [1.807, 2.05) is 72.4 Å². The number of anilines is 1. The number of thioether (sulfide) groups is 1. The van der Waals surface area contributed by atoms with Gasteiger partial charge in [0.2, 0.25) is 12.0 Å². The SMILES string of the molecule is CCCCCCCCC1SC2=C(OC(C(=O)OC)C2c2ccccc2)N1c1ccc(Oc2ccccc2)cc1. The van der Waals surface area contributed by atoms with Crippen molar-refractivity contribution in [1.29, 1.82) is 0 Å². The third kappa shape index (κ3) is 6.27. The van der Waals surface area contributed by atoms with Crippen molar-refractivity contribution >= 4 is 23.4 Å². The molecule has 0 fully saturated rings. The summed E-state index contributed by atoms with van der Waals surface area (Å²) in [5.41, 5.74) is 2.10. The lowest BCUT2D eigenvalue weighted by atomic mass is 9.94. The Bertz CT molecular complexity index is 1250. The van der Waals surface area contributed by atoms with Crippen molar-refractivity contribution in [1.82, 2.24) is 0 Å². The Labute approximate surface area is 236 Å². The Kier molecular flexibility index (Phi) is 9.15. The number of benzene rings is 3. The number of rotatable bonds is 12. The topological polar surface area (TPSA) is 48.0 Å². The molecule has 0 aliphatic carbocycles. The lowest BCUT2D eigenvalue weighted by Gasteiger charge is -2.31. The van der Waals surface area contributed by atoms with E-state index in [1.165, 1.54) is 39.2 Å². The van der Waals surface area contributed by atoms with Crippen molar-refractivity contribution in [2.24, 2.45) is 0 Å². The van der Waals surface area contributed by atoms with Gasteiger partial charge in [0.05, 0.1) is 23.3 Å². The van der Waals surface area contributed by atoms with Gasteiger partial charge in [0.15, 0.2) is 0 Å². The van der Waals surface area contributed by atoms with Gasteiger partial charge in [0.25, 0.3) is 0 Å². The molecule has 0 aromatic heterocycles. The number of ether oxygens (including phenoxy) is 3. The maximum Gasteiger partial charge on any atom is 0.348 e. The molecule has 2 heterocycles. The third-order valence-corrected chi connectivity index (χ3v) is 8.70. The molecule has 6 heteroatoms. The first kappa shape index (κ1) is 27.2. The molecule has 0 bridgehead atoms. The van der Waals surface area contributed by atoms with Crippen molar-refractivity contribution in [2.45, 2.75) is 69.3 Å². The number of unbranched alkanes of at least 4 members (excludes halogenated alkanes) is 5. The molecule has 3 aromatic carbocycles. The molecule has 0 radical (unpaired) electrons. The minimum Gasteiger partial charge on any atom is -0.466 e. The highest BCUT2D eigenvalue weighted by Gasteiger charge is 2.50. The van der Waals surface area contributed by atoms with Crippen LogP contribution in [0.25, 0.3) is 0 Å². The summed E-state index contributed by atoms with van der Waals surface area (Å²) in [5.74, 6) is 1.82. The number of para-hydroxylation sites is 1. The first-order valence-electron chi connectivity index (χ1n) is 14.0. The van der Waals surface area contributed by atoms with Crippen molar-refractivity contribution in [3.8, 4) is 11.5 Å². The standard InChI is InChI=1S/C33H37NO4S/c1-3-4-5-6-7-14-19-28-34(25-20-22-27(23-21-25)37-26-17-12-9-13-18-26)32-31(39-28)29(24-15-10-8-11-16-24)30(38-32)33(35)36-2/h8-13,15-18,20-23,28-30H,3-7,14,19H2,1-2H3. The fourth-order valence-electron chi connectivity index (χ4n) is 5.30. The monoisotopic (exact) mass is 543 g/mol. The van der Waals surface area contributed by atoms with Crippen molar-refractivity contribution in [2.75, 3.05) is 12.0 Å². The van der Waals surface area contributed by atoms with Gasteiger partial charge in [0.1, 0.15) is 11.5 Å². The first-order chi connectivity index (χ1) is 19.2. The van der Waals surface area contributed by atoms with Crippen LogP contribution in [-0.2, 0) is 14.3 Å². The van der Waals surface area contributed by atoms with E-state index in [0.717, 1.165) is 46.4 Å². The van der Waals surface area contributed by atoms with Gasteiger partial charge in [-0.3, -0.25) is 4.90 Å². The Morgan fingerprint density at radius 1 is 0.846 bits per heavy atom. The molecule has 5 rings (SSSR count). The summed E-state index contributed by atoms with van der Waals surface area (Å²) in [4.78, 5) is 16.2. The van der Waals surface area contributed by atoms with Crippen LogP contribution < -0.4 is 9.64 Å². The molecule has 3 atom stereocenters. The predicted molar refractivity (Wildman–Crippen MR) is 158 cm³/mol. The Morgan fingerprint density at radius 2 is 1.49 bits per heavy atom. The molecular formula is C33H37NO4S. The van der Waals surface area contributed by atoms with Crippen molar-refractivity contribution < 1.29 is 19.0 Å². The molecule has 3 unspecified atom stereocenters. The van der Waals surface area contributed by atoms with Crippen LogP contribution in [0.15, 0.2) is 95.7 Å². The van der Waals surface area contributed by atoms with Gasteiger partial charge in [-0.15, -0.1) is 0 Å². The summed E-state index contributed by atoms with van der Waals surface area (Å²) in [6, 6.07) is 28.1. The second kappa shape index (κ2) is 13.1. The van der Waals surface area contributed by atoms with E-state index in [9.17, 15) is 4.79 Å². The summed E-state index contributed by atoms with van der Waals surface area (Å²) in [6.07, 6.45) is 7.86. The Hall–Kier alpha value is -3.38. The minimum atomic E-state index is -0.701. The molecule has 0 spiro atoms. The minimum absolute atomic E-state index is 0.184. The number of carbonyl (C=O) groups is 1. The average molecular weight is 544 g/mol. The number of nitrogens with zero attached hydrogens (tertiary/aromatic N) is 1. The second-order valence-corrected chi connectivity index (χ2v) is 11.2. The van der Waals surface area contributed by atoms with Crippen LogP contribution in [0.4, 0.5) is 5.69 Å². The lowest BCUT2D eigenvalue weighted by Crippen LogP contribution is -2.34. The first-order valence-corrected chi connectivity index (χ1v) is 14.9. The Balaban J connectivity index is 1.41. The molecule has 2 aliphatic rings. The van der Waals surface area contributed by atoms with Gasteiger partial charge in [-0.2, -0.15) is 0 Å². The van der Waals surface area contributed by atoms with E-state index in [-0.39, 0.29) is 17.3 Å². The van der Waals surface area contributed by atoms with Gasteiger partial charge in [-0.25, -0.2) is 4.79 Å². The van der Waals surface area contributed by atoms with Gasteiger partial charge < -0.3 is 14.2 Å². The highest BCUT2D eigenvalue weighted by atomic mass is 32.2. The molecule has 5 nitrogen and oxygen atoms in total. The van der Waals surface area contributed by atoms with Crippen molar-refractivity contribution in [3.63, 3.8) is 0 Å². The molecule has 0 saturated carbocycles. The van der Waals surface area contributed by atoms with E-state index >= 15 is 0 Å². The number of hydrogen-bond donors (Lipinski definition) is 0. The second-order valence-electron chi connectivity index (χ2n) is 10.0. The van der Waals surface area contributed by atoms with E-state index in [1.54, 1.807) is 0 Å². The van der Waals surface area contributed by atoms with Crippen LogP contribution in [0, 0.1) is 0 Å². The fourth-order valence-corrected chi connectivity index (χ4v) is 6.86.